The van der Waals surface area contributed by atoms with E-state index in [-0.39, 0.29) is 0 Å². The lowest BCUT2D eigenvalue weighted by atomic mass is 10.2. The molecule has 6 heteroatoms. The Morgan fingerprint density at radius 1 is 1.32 bits per heavy atom. The second kappa shape index (κ2) is 5.79. The molecule has 0 saturated heterocycles. The molecule has 0 fully saturated rings. The summed E-state index contributed by atoms with van der Waals surface area (Å²) in [5.74, 6) is 1.59. The molecule has 0 saturated carbocycles. The molecule has 0 aliphatic rings. The van der Waals surface area contributed by atoms with Gasteiger partial charge < -0.3 is 9.64 Å². The van der Waals surface area contributed by atoms with E-state index in [0.717, 1.165) is 29.3 Å². The molecular weight excluding hydrogens is 242 g/mol. The van der Waals surface area contributed by atoms with Crippen LogP contribution in [0.25, 0.3) is 0 Å². The summed E-state index contributed by atoms with van der Waals surface area (Å²) in [4.78, 5) is 10.9. The predicted octanol–water partition coefficient (Wildman–Crippen LogP) is 1.60. The van der Waals surface area contributed by atoms with Gasteiger partial charge >= 0.3 is 0 Å². The number of aromatic amines is 1. The molecular formula is C13H19N5O. The fourth-order valence-electron chi connectivity index (χ4n) is 1.87. The average molecular weight is 261 g/mol. The number of methoxy groups -OCH3 is 1. The molecule has 0 aromatic carbocycles. The largest absolute Gasteiger partial charge is 0.377 e. The van der Waals surface area contributed by atoms with Crippen molar-refractivity contribution in [3.63, 3.8) is 0 Å². The molecule has 0 aliphatic carbocycles. The van der Waals surface area contributed by atoms with Gasteiger partial charge in [0.05, 0.1) is 6.20 Å². The summed E-state index contributed by atoms with van der Waals surface area (Å²) >= 11 is 0. The minimum atomic E-state index is 0.424. The first-order chi connectivity index (χ1) is 9.10. The van der Waals surface area contributed by atoms with Crippen molar-refractivity contribution < 1.29 is 4.74 Å². The molecule has 19 heavy (non-hydrogen) atoms. The molecule has 2 aromatic heterocycles. The van der Waals surface area contributed by atoms with Crippen molar-refractivity contribution in [2.24, 2.45) is 0 Å². The van der Waals surface area contributed by atoms with Gasteiger partial charge in [0.25, 0.3) is 0 Å². The monoisotopic (exact) mass is 261 g/mol. The van der Waals surface area contributed by atoms with Crippen LogP contribution in [-0.4, -0.2) is 34.3 Å². The summed E-state index contributed by atoms with van der Waals surface area (Å²) in [7, 11) is 3.65. The van der Waals surface area contributed by atoms with Gasteiger partial charge in [0.2, 0.25) is 0 Å². The molecule has 2 heterocycles. The van der Waals surface area contributed by atoms with Crippen molar-refractivity contribution in [2.45, 2.75) is 27.0 Å². The Balaban J connectivity index is 2.18. The highest BCUT2D eigenvalue weighted by Crippen LogP contribution is 2.15. The molecule has 102 valence electrons. The first-order valence-corrected chi connectivity index (χ1v) is 6.13. The van der Waals surface area contributed by atoms with Crippen LogP contribution in [0.15, 0.2) is 12.3 Å². The van der Waals surface area contributed by atoms with E-state index < -0.39 is 0 Å². The van der Waals surface area contributed by atoms with Gasteiger partial charge in [-0.25, -0.2) is 9.97 Å². The molecule has 2 rings (SSSR count). The van der Waals surface area contributed by atoms with E-state index in [4.69, 9.17) is 4.74 Å². The number of ether oxygens (including phenoxy) is 1. The molecule has 0 radical (unpaired) electrons. The van der Waals surface area contributed by atoms with E-state index >= 15 is 0 Å². The topological polar surface area (TPSA) is 66.9 Å². The lowest BCUT2D eigenvalue weighted by Crippen LogP contribution is -2.19. The van der Waals surface area contributed by atoms with E-state index in [1.165, 1.54) is 0 Å². The average Bonchev–Trinajstić information content (AvgIpc) is 2.75. The minimum absolute atomic E-state index is 0.424. The molecule has 0 unspecified atom stereocenters. The molecule has 0 spiro atoms. The van der Waals surface area contributed by atoms with E-state index in [1.807, 2.05) is 33.2 Å². The van der Waals surface area contributed by atoms with E-state index in [9.17, 15) is 0 Å². The summed E-state index contributed by atoms with van der Waals surface area (Å²) < 4.78 is 5.08. The van der Waals surface area contributed by atoms with Gasteiger partial charge in [-0.15, -0.1) is 0 Å². The smallest absolute Gasteiger partial charge is 0.156 e. The molecule has 1 N–H and O–H groups in total. The van der Waals surface area contributed by atoms with Crippen molar-refractivity contribution in [3.8, 4) is 0 Å². The maximum atomic E-state index is 5.08. The Morgan fingerprint density at radius 3 is 2.74 bits per heavy atom. The van der Waals surface area contributed by atoms with Crippen molar-refractivity contribution in [3.05, 3.63) is 35.0 Å². The first-order valence-electron chi connectivity index (χ1n) is 6.13. The second-order valence-corrected chi connectivity index (χ2v) is 4.59. The van der Waals surface area contributed by atoms with Crippen LogP contribution in [0.5, 0.6) is 0 Å². The van der Waals surface area contributed by atoms with E-state index in [1.54, 1.807) is 7.11 Å². The Labute approximate surface area is 112 Å². The number of hydrogen-bond donors (Lipinski definition) is 1. The number of hydrogen-bond acceptors (Lipinski definition) is 5. The summed E-state index contributed by atoms with van der Waals surface area (Å²) in [6.45, 7) is 5.15. The van der Waals surface area contributed by atoms with Crippen molar-refractivity contribution >= 4 is 5.82 Å². The van der Waals surface area contributed by atoms with Gasteiger partial charge in [-0.05, 0) is 13.8 Å². The Bertz CT molecular complexity index is 552. The Morgan fingerprint density at radius 2 is 2.11 bits per heavy atom. The van der Waals surface area contributed by atoms with Crippen LogP contribution < -0.4 is 4.90 Å². The highest BCUT2D eigenvalue weighted by Gasteiger charge is 2.09. The molecule has 0 atom stereocenters. The number of anilines is 1. The van der Waals surface area contributed by atoms with Crippen molar-refractivity contribution in [2.75, 3.05) is 19.1 Å². The zero-order valence-corrected chi connectivity index (χ0v) is 11.8. The predicted molar refractivity (Wildman–Crippen MR) is 72.9 cm³/mol. The van der Waals surface area contributed by atoms with Crippen LogP contribution in [0.3, 0.4) is 0 Å². The lowest BCUT2D eigenvalue weighted by Gasteiger charge is -2.18. The molecule has 2 aromatic rings. The van der Waals surface area contributed by atoms with Gasteiger partial charge in [-0.2, -0.15) is 5.10 Å². The van der Waals surface area contributed by atoms with Crippen molar-refractivity contribution in [1.29, 1.82) is 0 Å². The van der Waals surface area contributed by atoms with Crippen LogP contribution in [0, 0.1) is 13.8 Å². The third-order valence-corrected chi connectivity index (χ3v) is 2.89. The second-order valence-electron chi connectivity index (χ2n) is 4.59. The zero-order valence-electron chi connectivity index (χ0n) is 11.8. The van der Waals surface area contributed by atoms with Crippen LogP contribution in [-0.2, 0) is 17.9 Å². The maximum absolute atomic E-state index is 5.08. The molecule has 0 aliphatic heterocycles. The molecule has 6 nitrogen and oxygen atoms in total. The number of nitrogens with zero attached hydrogens (tertiary/aromatic N) is 4. The van der Waals surface area contributed by atoms with E-state index in [2.05, 4.69) is 25.1 Å². The van der Waals surface area contributed by atoms with Crippen LogP contribution >= 0.6 is 0 Å². The van der Waals surface area contributed by atoms with Gasteiger partial charge in [-0.1, -0.05) is 0 Å². The summed E-state index contributed by atoms with van der Waals surface area (Å²) in [6, 6.07) is 1.97. The number of aromatic nitrogens is 4. The highest BCUT2D eigenvalue weighted by atomic mass is 16.5. The molecule has 0 amide bonds. The molecule has 0 bridgehead atoms. The van der Waals surface area contributed by atoms with Crippen molar-refractivity contribution in [1.82, 2.24) is 20.2 Å². The highest BCUT2D eigenvalue weighted by molar-refractivity contribution is 5.40. The third-order valence-electron chi connectivity index (χ3n) is 2.89. The van der Waals surface area contributed by atoms with Crippen LogP contribution in [0.1, 0.15) is 22.8 Å². The minimum Gasteiger partial charge on any atom is -0.377 e. The Hall–Kier alpha value is -1.95. The normalized spacial score (nSPS) is 10.7. The zero-order chi connectivity index (χ0) is 13.8. The van der Waals surface area contributed by atoms with E-state index in [0.29, 0.717) is 12.4 Å². The quantitative estimate of drug-likeness (QED) is 0.885. The fourth-order valence-corrected chi connectivity index (χ4v) is 1.87. The number of H-pyrrole nitrogens is 1. The first kappa shape index (κ1) is 13.5. The van der Waals surface area contributed by atoms with Gasteiger partial charge in [0, 0.05) is 43.7 Å². The lowest BCUT2D eigenvalue weighted by molar-refractivity contribution is 0.177. The SMILES string of the molecule is COCc1nc(C)cc(N(C)Cc2cn[nH]c2C)n1. The Kier molecular flexibility index (Phi) is 4.11. The maximum Gasteiger partial charge on any atom is 0.156 e. The van der Waals surface area contributed by atoms with Crippen LogP contribution in [0.4, 0.5) is 5.82 Å². The summed E-state index contributed by atoms with van der Waals surface area (Å²) in [6.07, 6.45) is 1.84. The van der Waals surface area contributed by atoms with Gasteiger partial charge in [0.1, 0.15) is 12.4 Å². The van der Waals surface area contributed by atoms with Gasteiger partial charge in [-0.3, -0.25) is 5.10 Å². The number of aryl methyl sites for hydroxylation is 2. The van der Waals surface area contributed by atoms with Crippen LogP contribution in [0.2, 0.25) is 0 Å². The standard InChI is InChI=1S/C13H19N5O/c1-9-5-13(16-12(15-9)8-19-4)18(3)7-11-6-14-17-10(11)2/h5-6H,7-8H2,1-4H3,(H,14,17). The fraction of sp³-hybridized carbons (Fsp3) is 0.462. The number of nitrogens with one attached hydrogen (secondary N) is 1. The summed E-state index contributed by atoms with van der Waals surface area (Å²) in [5.41, 5.74) is 3.18. The number of rotatable bonds is 5. The summed E-state index contributed by atoms with van der Waals surface area (Å²) in [5, 5.41) is 6.97. The third kappa shape index (κ3) is 3.29. The van der Waals surface area contributed by atoms with Gasteiger partial charge in [0.15, 0.2) is 5.82 Å².